The monoisotopic (exact) mass is 985 g/mol. The van der Waals surface area contributed by atoms with Gasteiger partial charge in [0.05, 0.1) is 30.3 Å². The Kier molecular flexibility index (Phi) is 19.1. The van der Waals surface area contributed by atoms with E-state index in [-0.39, 0.29) is 48.1 Å². The molecule has 4 amide bonds. The number of alkyl halides is 1. The van der Waals surface area contributed by atoms with Crippen LogP contribution in [0.2, 0.25) is 0 Å². The Morgan fingerprint density at radius 2 is 1.70 bits per heavy atom. The lowest BCUT2D eigenvalue weighted by Crippen LogP contribution is -2.53. The third-order valence-corrected chi connectivity index (χ3v) is 13.4. The van der Waals surface area contributed by atoms with E-state index in [1.165, 1.54) is 15.7 Å². The Balaban J connectivity index is 1.22. The highest BCUT2D eigenvalue weighted by Gasteiger charge is 2.36. The number of anilines is 1. The van der Waals surface area contributed by atoms with Crippen molar-refractivity contribution in [1.82, 2.24) is 25.4 Å². The number of rotatable bonds is 25. The number of nitrogens with zero attached hydrogens (tertiary/aromatic N) is 4. The van der Waals surface area contributed by atoms with Gasteiger partial charge in [0.1, 0.15) is 24.4 Å². The Bertz CT molecular complexity index is 2470. The average molecular weight is 987 g/mol. The second kappa shape index (κ2) is 24.6. The van der Waals surface area contributed by atoms with Crippen LogP contribution in [0.3, 0.4) is 0 Å². The summed E-state index contributed by atoms with van der Waals surface area (Å²) >= 11 is 6.55. The molecule has 3 atom stereocenters. The predicted molar refractivity (Wildman–Crippen MR) is 260 cm³/mol. The summed E-state index contributed by atoms with van der Waals surface area (Å²) in [4.78, 5) is 89.1. The van der Waals surface area contributed by atoms with Crippen LogP contribution < -0.4 is 41.2 Å². The first-order chi connectivity index (χ1) is 32.0. The molecule has 0 fully saturated rings. The number of ether oxygens (including phenoxy) is 3. The number of halogens is 1. The van der Waals surface area contributed by atoms with Crippen molar-refractivity contribution in [2.75, 3.05) is 83.3 Å². The molecule has 0 radical (unpaired) electrons. The molecule has 5 rings (SSSR count). The molecule has 23 heteroatoms. The molecular weight excluding hydrogens is 930 g/mol. The van der Waals surface area contributed by atoms with Crippen molar-refractivity contribution < 1.29 is 53.2 Å². The van der Waals surface area contributed by atoms with Crippen molar-refractivity contribution in [2.24, 2.45) is 16.5 Å². The largest absolute Gasteiger partial charge is 0.493 e. The maximum atomic E-state index is 14.5. The van der Waals surface area contributed by atoms with Gasteiger partial charge >= 0.3 is 18.0 Å². The molecule has 0 saturated heterocycles. The summed E-state index contributed by atoms with van der Waals surface area (Å²) < 4.78 is 17.6. The number of methoxy groups -OCH3 is 1. The number of hydrogen-bond acceptors (Lipinski definition) is 13. The highest BCUT2D eigenvalue weighted by atomic mass is 35.5. The zero-order valence-electron chi connectivity index (χ0n) is 37.5. The average Bonchev–Trinajstić information content (AvgIpc) is 3.88. The van der Waals surface area contributed by atoms with E-state index in [4.69, 9.17) is 37.3 Å². The minimum atomic E-state index is -1.51. The molecule has 20 nitrogen and oxygen atoms in total. The SMILES string of the molecule is COc1cc2[nH]cc(C(=O)N3C[C@@H](CCl)c4c3cc(OC(=O)N(C)CCSSC[C@H](NC(=O)[C@H](CC(=O)O)NC(=O)CCCCN=C(N)N)C(=O)O)c3ccccc43)c2cc1OCCN(C)C. The summed E-state index contributed by atoms with van der Waals surface area (Å²) in [6.07, 6.45) is 1.02. The van der Waals surface area contributed by atoms with E-state index in [0.717, 1.165) is 21.7 Å². The molecular formula is C44H56ClN9O11S2. The number of H-pyrrole nitrogens is 1. The molecule has 1 aliphatic heterocycles. The molecule has 3 aromatic carbocycles. The van der Waals surface area contributed by atoms with Crippen molar-refractivity contribution in [3.8, 4) is 17.2 Å². The fourth-order valence-corrected chi connectivity index (χ4v) is 9.64. The van der Waals surface area contributed by atoms with Gasteiger partial charge in [-0.15, -0.1) is 11.6 Å². The molecule has 0 aliphatic carbocycles. The van der Waals surface area contributed by atoms with E-state index in [1.54, 1.807) is 43.5 Å². The van der Waals surface area contributed by atoms with E-state index in [0.29, 0.717) is 83.9 Å². The van der Waals surface area contributed by atoms with Gasteiger partial charge in [-0.1, -0.05) is 45.9 Å². The number of aromatic nitrogens is 1. The summed E-state index contributed by atoms with van der Waals surface area (Å²) in [5.74, 6) is -3.16. The molecule has 0 spiro atoms. The van der Waals surface area contributed by atoms with Crippen LogP contribution in [-0.2, 0) is 19.2 Å². The molecule has 362 valence electrons. The van der Waals surface area contributed by atoms with Crippen LogP contribution in [0.1, 0.15) is 47.5 Å². The van der Waals surface area contributed by atoms with E-state index in [1.807, 2.05) is 43.3 Å². The minimum Gasteiger partial charge on any atom is -0.493 e. The summed E-state index contributed by atoms with van der Waals surface area (Å²) in [5, 5.41) is 25.9. The standard InChI is InChI=1S/C44H56ClN9O11S2/c1-52(2)13-15-64-36-17-28-29(22-49-30(28)18-35(36)63-4)41(59)54-23-25(21-45)39-27-10-6-5-9-26(27)34(20-33(39)54)65-44(62)53(3)14-16-66-67-24-32(42(60)61)51-40(58)31(19-38(56)57)50-37(55)11-7-8-12-48-43(46)47/h5-6,9-10,17-18,20,22,25,31-32,49H,7-8,11-16,19,21,23-24H2,1-4H3,(H,50,55)(H,51,58)(H,56,57)(H,60,61)(H4,46,47,48)/t25-,31+,32+/m1/s1. The molecule has 4 aromatic rings. The molecule has 67 heavy (non-hydrogen) atoms. The number of carboxylic acid groups (broad SMARTS) is 2. The smallest absolute Gasteiger partial charge is 0.415 e. The second-order valence-electron chi connectivity index (χ2n) is 15.8. The van der Waals surface area contributed by atoms with Gasteiger partial charge in [0.2, 0.25) is 11.8 Å². The van der Waals surface area contributed by atoms with Gasteiger partial charge in [-0.05, 0) is 44.0 Å². The Morgan fingerprint density at radius 1 is 0.955 bits per heavy atom. The van der Waals surface area contributed by atoms with Crippen LogP contribution in [0, 0.1) is 0 Å². The third kappa shape index (κ3) is 14.0. The Labute approximate surface area is 399 Å². The fourth-order valence-electron chi connectivity index (χ4n) is 7.19. The van der Waals surface area contributed by atoms with Gasteiger partial charge in [-0.25, -0.2) is 9.59 Å². The molecule has 1 aromatic heterocycles. The van der Waals surface area contributed by atoms with E-state index < -0.39 is 48.4 Å². The van der Waals surface area contributed by atoms with E-state index in [9.17, 15) is 39.0 Å². The first-order valence-electron chi connectivity index (χ1n) is 21.2. The first-order valence-corrected chi connectivity index (χ1v) is 24.2. The number of unbranched alkanes of at least 4 members (excludes halogenated alkanes) is 1. The number of aliphatic carboxylic acids is 2. The van der Waals surface area contributed by atoms with Gasteiger partial charge in [0, 0.05) is 92.1 Å². The number of carbonyl (C=O) groups excluding carboxylic acids is 4. The zero-order valence-corrected chi connectivity index (χ0v) is 39.9. The lowest BCUT2D eigenvalue weighted by molar-refractivity contribution is -0.142. The maximum absolute atomic E-state index is 14.5. The van der Waals surface area contributed by atoms with Crippen molar-refractivity contribution in [2.45, 2.75) is 43.7 Å². The molecule has 9 N–H and O–H groups in total. The Morgan fingerprint density at radius 3 is 2.37 bits per heavy atom. The number of amides is 4. The first kappa shape index (κ1) is 51.9. The van der Waals surface area contributed by atoms with Crippen LogP contribution in [-0.4, -0.2) is 157 Å². The quantitative estimate of drug-likeness (QED) is 0.0162. The summed E-state index contributed by atoms with van der Waals surface area (Å²) in [6, 6.07) is 9.78. The van der Waals surface area contributed by atoms with Crippen LogP contribution in [0.4, 0.5) is 10.5 Å². The predicted octanol–water partition coefficient (Wildman–Crippen LogP) is 4.04. The highest BCUT2D eigenvalue weighted by molar-refractivity contribution is 8.76. The molecule has 2 heterocycles. The van der Waals surface area contributed by atoms with Gasteiger partial charge in [0.25, 0.3) is 5.91 Å². The van der Waals surface area contributed by atoms with Gasteiger partial charge < -0.3 is 66.2 Å². The number of guanidine groups is 1. The van der Waals surface area contributed by atoms with Crippen molar-refractivity contribution in [1.29, 1.82) is 0 Å². The third-order valence-electron chi connectivity index (χ3n) is 10.6. The number of nitrogens with two attached hydrogens (primary N) is 2. The molecule has 0 bridgehead atoms. The van der Waals surface area contributed by atoms with Gasteiger partial charge in [-0.2, -0.15) is 0 Å². The minimum absolute atomic E-state index is 0.0301. The van der Waals surface area contributed by atoms with Crippen molar-refractivity contribution in [3.63, 3.8) is 0 Å². The summed E-state index contributed by atoms with van der Waals surface area (Å²) in [6.45, 7) is 1.85. The number of aromatic amines is 1. The molecule has 1 aliphatic rings. The van der Waals surface area contributed by atoms with Crippen LogP contribution in [0.5, 0.6) is 17.2 Å². The zero-order chi connectivity index (χ0) is 48.8. The van der Waals surface area contributed by atoms with Gasteiger partial charge in [-0.3, -0.25) is 24.2 Å². The van der Waals surface area contributed by atoms with Crippen LogP contribution in [0.25, 0.3) is 21.7 Å². The topological polar surface area (TPSA) is 285 Å². The second-order valence-corrected chi connectivity index (χ2v) is 18.7. The number of nitrogens with one attached hydrogen (secondary N) is 3. The number of hydrogen-bond donors (Lipinski definition) is 7. The van der Waals surface area contributed by atoms with E-state index >= 15 is 0 Å². The summed E-state index contributed by atoms with van der Waals surface area (Å²) in [5.41, 5.74) is 13.1. The van der Waals surface area contributed by atoms with Gasteiger partial charge in [0.15, 0.2) is 17.5 Å². The van der Waals surface area contributed by atoms with Crippen LogP contribution in [0.15, 0.2) is 53.7 Å². The lowest BCUT2D eigenvalue weighted by atomic mass is 9.95. The Hall–Kier alpha value is -6.10. The normalized spacial score (nSPS) is 14.0. The lowest BCUT2D eigenvalue weighted by Gasteiger charge is -2.21. The maximum Gasteiger partial charge on any atom is 0.415 e. The van der Waals surface area contributed by atoms with E-state index in [2.05, 4.69) is 20.6 Å². The number of benzene rings is 3. The van der Waals surface area contributed by atoms with Crippen LogP contribution >= 0.6 is 33.2 Å². The summed E-state index contributed by atoms with van der Waals surface area (Å²) in [7, 11) is 9.35. The fraction of sp³-hybridized carbons (Fsp3) is 0.432. The molecule has 0 unspecified atom stereocenters. The number of fused-ring (bicyclic) bond motifs is 4. The number of aliphatic imine (C=N–C) groups is 1. The molecule has 0 saturated carbocycles. The van der Waals surface area contributed by atoms with Crippen molar-refractivity contribution >= 4 is 102 Å². The van der Waals surface area contributed by atoms with Crippen molar-refractivity contribution in [3.05, 3.63) is 59.8 Å². The number of carbonyl (C=O) groups is 6. The highest BCUT2D eigenvalue weighted by Crippen LogP contribution is 2.46. The number of likely N-dealkylation sites (N-methyl/N-ethyl adjacent to an activating group) is 1. The number of carboxylic acids is 2.